The lowest BCUT2D eigenvalue weighted by atomic mass is 9.91. The molecular formula is C41H47ClN2O8S2. The fraction of sp³-hybridized carbons (Fsp3) is 0.415. The molecular weight excluding hydrogens is 748 g/mol. The Kier molecular flexibility index (Phi) is 13.4. The number of nitrogens with zero attached hydrogens (tertiary/aromatic N) is 1. The quantitative estimate of drug-likeness (QED) is 0.0545. The van der Waals surface area contributed by atoms with Gasteiger partial charge in [-0.3, -0.25) is 4.79 Å². The maximum atomic E-state index is 13.4. The number of nitrogens with one attached hydrogen (secondary N) is 1. The van der Waals surface area contributed by atoms with Crippen molar-refractivity contribution >= 4 is 51.1 Å². The second-order valence-electron chi connectivity index (χ2n) is 13.8. The first-order chi connectivity index (χ1) is 26.1. The zero-order chi connectivity index (χ0) is 38.2. The average Bonchev–Trinajstić information content (AvgIpc) is 3.92. The first-order valence-corrected chi connectivity index (χ1v) is 20.5. The maximum absolute atomic E-state index is 13.4. The van der Waals surface area contributed by atoms with Crippen LogP contribution in [-0.4, -0.2) is 70.6 Å². The number of phenols is 1. The Morgan fingerprint density at radius 2 is 1.72 bits per heavy atom. The van der Waals surface area contributed by atoms with E-state index in [4.69, 9.17) is 25.8 Å². The summed E-state index contributed by atoms with van der Waals surface area (Å²) in [6, 6.07) is 17.5. The molecule has 1 aliphatic rings. The number of aliphatic hydroxyl groups excluding tert-OH is 1. The standard InChI is InChI=1S/C41H47ClN2O8S2/c1-44(27-12-14-28(15-13-27)52-40(48)41(49,36-10-5-22-53-36)37-11-6-23-54-37)20-7-21-51-35-25-34(50-2)26(24-31(35)42)8-3-4-9-32(45)29-16-18-33(46)39-30(29)17-19-38(47)43-39/h5-6,10-11,16-19,22-25,27-28,32,45-46,49H,3-4,7-9,12-15,20-21H2,1-2H3,(H,43,47)/t27?,28?,32-/m0/s1. The van der Waals surface area contributed by atoms with Gasteiger partial charge in [0.2, 0.25) is 11.2 Å². The minimum atomic E-state index is -1.79. The molecule has 0 saturated heterocycles. The predicted molar refractivity (Wildman–Crippen MR) is 213 cm³/mol. The molecule has 1 saturated carbocycles. The van der Waals surface area contributed by atoms with Crippen molar-refractivity contribution in [3.05, 3.63) is 108 Å². The molecule has 1 fully saturated rings. The van der Waals surface area contributed by atoms with E-state index in [1.807, 2.05) is 35.0 Å². The van der Waals surface area contributed by atoms with Crippen molar-refractivity contribution in [3.63, 3.8) is 0 Å². The van der Waals surface area contributed by atoms with Crippen molar-refractivity contribution in [3.8, 4) is 17.2 Å². The number of ether oxygens (including phenoxy) is 3. The van der Waals surface area contributed by atoms with Crippen LogP contribution >= 0.6 is 34.3 Å². The topological polar surface area (TPSA) is 142 Å². The van der Waals surface area contributed by atoms with Gasteiger partial charge in [0, 0.05) is 30.1 Å². The largest absolute Gasteiger partial charge is 0.506 e. The highest BCUT2D eigenvalue weighted by atomic mass is 35.5. The molecule has 3 aromatic heterocycles. The number of H-pyrrole nitrogens is 1. The summed E-state index contributed by atoms with van der Waals surface area (Å²) in [6.07, 6.45) is 5.83. The van der Waals surface area contributed by atoms with Crippen LogP contribution in [0.15, 0.2) is 76.2 Å². The number of halogens is 1. The van der Waals surface area contributed by atoms with Crippen LogP contribution in [0.3, 0.4) is 0 Å². The molecule has 1 aliphatic carbocycles. The molecule has 0 radical (unpaired) electrons. The molecule has 3 heterocycles. The molecule has 13 heteroatoms. The third-order valence-electron chi connectivity index (χ3n) is 10.3. The molecule has 0 spiro atoms. The van der Waals surface area contributed by atoms with Gasteiger partial charge in [-0.2, -0.15) is 0 Å². The van der Waals surface area contributed by atoms with E-state index >= 15 is 0 Å². The summed E-state index contributed by atoms with van der Waals surface area (Å²) in [6.45, 7) is 1.32. The Bertz CT molecular complexity index is 2010. The summed E-state index contributed by atoms with van der Waals surface area (Å²) in [4.78, 5) is 31.2. The second-order valence-corrected chi connectivity index (χ2v) is 16.1. The Morgan fingerprint density at radius 1 is 1.00 bits per heavy atom. The van der Waals surface area contributed by atoms with Crippen LogP contribution in [0, 0.1) is 0 Å². The van der Waals surface area contributed by atoms with E-state index in [0.29, 0.717) is 68.2 Å². The highest BCUT2D eigenvalue weighted by Crippen LogP contribution is 2.39. The number of aromatic hydroxyl groups is 1. The number of hydrogen-bond donors (Lipinski definition) is 4. The fourth-order valence-electron chi connectivity index (χ4n) is 7.24. The summed E-state index contributed by atoms with van der Waals surface area (Å²) >= 11 is 9.34. The highest BCUT2D eigenvalue weighted by molar-refractivity contribution is 7.12. The molecule has 10 nitrogen and oxygen atoms in total. The lowest BCUT2D eigenvalue weighted by Crippen LogP contribution is -2.42. The summed E-state index contributed by atoms with van der Waals surface area (Å²) < 4.78 is 17.7. The molecule has 4 N–H and O–H groups in total. The zero-order valence-electron chi connectivity index (χ0n) is 30.5. The molecule has 6 rings (SSSR count). The van der Waals surface area contributed by atoms with Crippen LogP contribution in [0.2, 0.25) is 5.02 Å². The van der Waals surface area contributed by atoms with Gasteiger partial charge in [0.1, 0.15) is 23.4 Å². The number of esters is 1. The van der Waals surface area contributed by atoms with Crippen LogP contribution in [0.25, 0.3) is 10.9 Å². The van der Waals surface area contributed by atoms with Gasteiger partial charge in [-0.15, -0.1) is 22.7 Å². The molecule has 2 aromatic carbocycles. The smallest absolute Gasteiger partial charge is 0.349 e. The number of thiophene rings is 2. The van der Waals surface area contributed by atoms with Gasteiger partial charge in [-0.1, -0.05) is 36.2 Å². The van der Waals surface area contributed by atoms with Crippen LogP contribution in [0.1, 0.15) is 78.4 Å². The predicted octanol–water partition coefficient (Wildman–Crippen LogP) is 7.96. The Hall–Kier alpha value is -3.91. The summed E-state index contributed by atoms with van der Waals surface area (Å²) in [5.74, 6) is 0.624. The number of rotatable bonds is 17. The van der Waals surface area contributed by atoms with Crippen molar-refractivity contribution in [1.29, 1.82) is 0 Å². The van der Waals surface area contributed by atoms with Gasteiger partial charge >= 0.3 is 5.97 Å². The number of unbranched alkanes of at least 4 members (excludes halogenated alkanes) is 1. The van der Waals surface area contributed by atoms with Gasteiger partial charge in [0.05, 0.1) is 40.1 Å². The summed E-state index contributed by atoms with van der Waals surface area (Å²) in [5.41, 5.74) is -0.159. The number of phenolic OH excluding ortho intramolecular Hbond substituents is 1. The Labute approximate surface area is 327 Å². The third-order valence-corrected chi connectivity index (χ3v) is 12.5. The monoisotopic (exact) mass is 794 g/mol. The van der Waals surface area contributed by atoms with Crippen molar-refractivity contribution in [1.82, 2.24) is 9.88 Å². The van der Waals surface area contributed by atoms with Gasteiger partial charge in [0.15, 0.2) is 0 Å². The van der Waals surface area contributed by atoms with Crippen molar-refractivity contribution in [2.24, 2.45) is 0 Å². The van der Waals surface area contributed by atoms with E-state index in [2.05, 4.69) is 16.9 Å². The molecule has 0 bridgehead atoms. The maximum Gasteiger partial charge on any atom is 0.349 e. The number of aromatic amines is 1. The number of aromatic nitrogens is 1. The minimum Gasteiger partial charge on any atom is -0.506 e. The van der Waals surface area contributed by atoms with Crippen LogP contribution in [0.5, 0.6) is 17.2 Å². The number of carbonyl (C=O) groups is 1. The average molecular weight is 795 g/mol. The summed E-state index contributed by atoms with van der Waals surface area (Å²) in [7, 11) is 3.74. The zero-order valence-corrected chi connectivity index (χ0v) is 32.9. The number of carbonyl (C=O) groups excluding carboxylic acids is 1. The number of pyridine rings is 1. The normalized spacial score (nSPS) is 16.8. The van der Waals surface area contributed by atoms with Crippen LogP contribution in [-0.2, 0) is 21.6 Å². The molecule has 0 aliphatic heterocycles. The molecule has 0 unspecified atom stereocenters. The first-order valence-electron chi connectivity index (χ1n) is 18.3. The van der Waals surface area contributed by atoms with Crippen LogP contribution < -0.4 is 15.0 Å². The van der Waals surface area contributed by atoms with E-state index < -0.39 is 17.7 Å². The highest BCUT2D eigenvalue weighted by Gasteiger charge is 2.45. The van der Waals surface area contributed by atoms with Gasteiger partial charge in [0.25, 0.3) is 0 Å². The molecule has 54 heavy (non-hydrogen) atoms. The van der Waals surface area contributed by atoms with Gasteiger partial charge < -0.3 is 39.4 Å². The van der Waals surface area contributed by atoms with Gasteiger partial charge in [-0.05, 0) is 111 Å². The number of aliphatic hydroxyl groups is 2. The van der Waals surface area contributed by atoms with Crippen molar-refractivity contribution < 1.29 is 34.3 Å². The fourth-order valence-corrected chi connectivity index (χ4v) is 9.20. The van der Waals surface area contributed by atoms with Crippen molar-refractivity contribution in [2.75, 3.05) is 27.3 Å². The lowest BCUT2D eigenvalue weighted by Gasteiger charge is -2.35. The number of fused-ring (bicyclic) bond motifs is 1. The summed E-state index contributed by atoms with van der Waals surface area (Å²) in [5, 5.41) is 37.5. The first kappa shape index (κ1) is 39.8. The molecule has 5 aromatic rings. The van der Waals surface area contributed by atoms with Gasteiger partial charge in [-0.25, -0.2) is 4.79 Å². The van der Waals surface area contributed by atoms with E-state index in [-0.39, 0.29) is 17.4 Å². The Morgan fingerprint density at radius 3 is 2.39 bits per heavy atom. The van der Waals surface area contributed by atoms with Crippen molar-refractivity contribution in [2.45, 2.75) is 81.6 Å². The molecule has 1 atom stereocenters. The molecule has 288 valence electrons. The second kappa shape index (κ2) is 18.1. The molecule has 0 amide bonds. The number of methoxy groups -OCH3 is 1. The van der Waals surface area contributed by atoms with E-state index in [9.17, 15) is 24.9 Å². The SMILES string of the molecule is COc1cc(OCCCN(C)C2CCC(OC(=O)C(O)(c3cccs3)c3cccs3)CC2)c(Cl)cc1CCCC[C@H](O)c1ccc(O)c2[nH]c(=O)ccc12. The van der Waals surface area contributed by atoms with E-state index in [0.717, 1.165) is 57.1 Å². The minimum absolute atomic E-state index is 0.0327. The lowest BCUT2D eigenvalue weighted by molar-refractivity contribution is -0.169. The van der Waals surface area contributed by atoms with E-state index in [1.54, 1.807) is 31.4 Å². The third kappa shape index (κ3) is 9.13. The number of hydrogen-bond acceptors (Lipinski definition) is 11. The van der Waals surface area contributed by atoms with E-state index in [1.165, 1.54) is 34.8 Å². The number of benzene rings is 2. The Balaban J connectivity index is 0.923. The number of aryl methyl sites for hydroxylation is 1. The van der Waals surface area contributed by atoms with Crippen LogP contribution in [0.4, 0.5) is 0 Å².